The lowest BCUT2D eigenvalue weighted by Gasteiger charge is -2.43. The van der Waals surface area contributed by atoms with Crippen LogP contribution in [0, 0.1) is 30.5 Å². The van der Waals surface area contributed by atoms with Crippen molar-refractivity contribution in [3.63, 3.8) is 0 Å². The average molecular weight is 1380 g/mol. The van der Waals surface area contributed by atoms with Crippen LogP contribution in [0.25, 0.3) is 25.7 Å². The molecule has 0 aromatic carbocycles. The zero-order valence-corrected chi connectivity index (χ0v) is 62.0. The smallest absolute Gasteiger partial charge is 0.314 e. The number of H-pyrrole nitrogens is 3. The number of carbonyl (C=O) groups excluding carboxylic acids is 3. The maximum Gasteiger partial charge on any atom is 0.314 e. The molecule has 6 aromatic heterocycles. The molecule has 0 bridgehead atoms. The van der Waals surface area contributed by atoms with E-state index < -0.39 is 0 Å². The van der Waals surface area contributed by atoms with Gasteiger partial charge >= 0.3 is 11.8 Å². The third kappa shape index (κ3) is 17.4. The molecule has 1 spiro atoms. The number of allylic oxidation sites excluding steroid dienone is 4. The highest BCUT2D eigenvalue weighted by Crippen LogP contribution is 2.50. The summed E-state index contributed by atoms with van der Waals surface area (Å²) in [6, 6.07) is 13.6. The fraction of sp³-hybridized carbons (Fsp3) is 0.551. The first-order chi connectivity index (χ1) is 48.8. The Hall–Kier alpha value is -8.93. The molecule has 5 fully saturated rings. The average Bonchev–Trinajstić information content (AvgIpc) is 0.818. The van der Waals surface area contributed by atoms with Gasteiger partial charge in [-0.15, -0.1) is 0 Å². The summed E-state index contributed by atoms with van der Waals surface area (Å²) in [5, 5.41) is 9.04. The van der Waals surface area contributed by atoms with Crippen LogP contribution in [0.1, 0.15) is 199 Å². The van der Waals surface area contributed by atoms with Gasteiger partial charge in [-0.3, -0.25) is 39.1 Å². The van der Waals surface area contributed by atoms with Gasteiger partial charge in [-0.05, 0) is 198 Å². The number of nitrogens with one attached hydrogen (secondary N) is 6. The summed E-state index contributed by atoms with van der Waals surface area (Å²) in [6.45, 7) is 53.6. The number of amides is 3. The summed E-state index contributed by atoms with van der Waals surface area (Å²) in [4.78, 5) is 97.6. The van der Waals surface area contributed by atoms with Crippen LogP contribution in [0.15, 0.2) is 73.2 Å². The normalized spacial score (nSPS) is 19.5. The lowest BCUT2D eigenvalue weighted by atomic mass is 9.73. The van der Waals surface area contributed by atoms with Gasteiger partial charge in [-0.25, -0.2) is 29.8 Å². The SMILES string of the molecule is [C-]#[N+]c1c[nH]c(C(=O)Nc2ccc(C(C)(C)N3CCN(C)CC3)nc2N2CCCCC2)c1.[C-]#[N+]c1cnc(C(=O)Nc2ccc(C(C)(C)N3CCN(C)CC3)nc2C2=CCC(C)(C)CC2)[nH]1.[C-]#[N+]c1cnc(C(=O)Nc2ccc(C(C)(C)N3CCN(C)CC3)nc2C2=CCC3(CCCC3)CC2)[nH]1. The van der Waals surface area contributed by atoms with Crippen LogP contribution in [0.3, 0.4) is 0 Å². The molecule has 0 radical (unpaired) electrons. The van der Waals surface area contributed by atoms with Crippen molar-refractivity contribution in [2.45, 2.75) is 155 Å². The summed E-state index contributed by atoms with van der Waals surface area (Å²) in [6.07, 6.45) is 24.0. The van der Waals surface area contributed by atoms with Gasteiger partial charge in [0.1, 0.15) is 0 Å². The third-order valence-electron chi connectivity index (χ3n) is 22.6. The Bertz CT molecular complexity index is 4150. The number of likely N-dealkylation sites (N-methyl/N-ethyl adjacent to an activating group) is 3. The summed E-state index contributed by atoms with van der Waals surface area (Å²) < 4.78 is 0. The molecule has 6 aromatic rings. The Balaban J connectivity index is 0.000000154. The van der Waals surface area contributed by atoms with Gasteiger partial charge in [0.25, 0.3) is 17.6 Å². The molecular weight excluding hydrogens is 1280 g/mol. The first-order valence-corrected chi connectivity index (χ1v) is 36.6. The highest BCUT2D eigenvalue weighted by Gasteiger charge is 2.39. The number of piperidine rings is 1. The van der Waals surface area contributed by atoms with Crippen LogP contribution in [0.5, 0.6) is 0 Å². The monoisotopic (exact) mass is 1380 g/mol. The van der Waals surface area contributed by atoms with Crippen molar-refractivity contribution >= 4 is 69.1 Å². The van der Waals surface area contributed by atoms with E-state index in [1.165, 1.54) is 62.1 Å². The first-order valence-electron chi connectivity index (χ1n) is 36.6. The van der Waals surface area contributed by atoms with E-state index in [1.54, 1.807) is 12.3 Å². The van der Waals surface area contributed by atoms with Crippen LogP contribution >= 0.6 is 0 Å². The van der Waals surface area contributed by atoms with Gasteiger partial charge < -0.3 is 50.2 Å². The van der Waals surface area contributed by atoms with E-state index >= 15 is 0 Å². The quantitative estimate of drug-likeness (QED) is 0.0525. The Labute approximate surface area is 603 Å². The molecule has 1 saturated carbocycles. The Morgan fingerprint density at radius 2 is 0.931 bits per heavy atom. The highest BCUT2D eigenvalue weighted by atomic mass is 16.2. The number of hydrogen-bond donors (Lipinski definition) is 6. The summed E-state index contributed by atoms with van der Waals surface area (Å²) in [5.41, 5.74) is 10.1. The number of aromatic nitrogens is 8. The second-order valence-corrected chi connectivity index (χ2v) is 31.3. The first kappa shape index (κ1) is 74.3. The zero-order valence-electron chi connectivity index (χ0n) is 62.0. The van der Waals surface area contributed by atoms with Gasteiger partial charge in [-0.2, -0.15) is 0 Å². The molecule has 3 aliphatic carbocycles. The second kappa shape index (κ2) is 31.8. The Kier molecular flexibility index (Phi) is 23.1. The standard InChI is InChI=1S/C28H37N7O.C26H35N7O.C24H33N7O/c1-27(2,35-17-15-34(4)16-18-35)22-8-7-21(31-26(36)25-30-19-23(29-3)33-25)24(32-22)20-9-13-28(14-10-20)11-5-6-12-28;1-25(2)11-9-18(10-12-25)22-19(29-24(34)23-28-17-21(27-5)31-23)7-8-20(30-22)26(3,4)33-15-13-32(6)14-16-33;1-24(2,31-14-12-29(4)13-15-31)21-9-8-19(22(28-21)30-10-6-5-7-11-30)27-23(32)20-16-18(25-3)17-26-20/h7-9,19H,5-6,10-18H2,1-2,4H3,(H,30,33)(H,31,36);7-9,17H,10-16H2,1-4,6H3,(H,28,31)(H,29,34);8-9,16-17,26H,5-7,10-15H2,1-2,4H3,(H,27,32). The number of anilines is 4. The van der Waals surface area contributed by atoms with Crippen molar-refractivity contribution in [3.8, 4) is 0 Å². The predicted molar refractivity (Wildman–Crippen MR) is 404 cm³/mol. The van der Waals surface area contributed by atoms with Crippen LogP contribution in [0.4, 0.5) is 40.2 Å². The highest BCUT2D eigenvalue weighted by molar-refractivity contribution is 6.06. The second-order valence-electron chi connectivity index (χ2n) is 31.3. The third-order valence-corrected chi connectivity index (χ3v) is 22.6. The molecule has 0 unspecified atom stereocenters. The molecule has 24 nitrogen and oxygen atoms in total. The molecular formula is C78H105N21O3. The van der Waals surface area contributed by atoms with E-state index in [2.05, 4.69) is 178 Å². The molecule has 13 rings (SSSR count). The number of carbonyl (C=O) groups is 3. The number of pyridine rings is 3. The number of rotatable bonds is 15. The lowest BCUT2D eigenvalue weighted by Crippen LogP contribution is -2.52. The van der Waals surface area contributed by atoms with Crippen LogP contribution in [-0.2, 0) is 16.6 Å². The fourth-order valence-corrected chi connectivity index (χ4v) is 15.2. The van der Waals surface area contributed by atoms with E-state index in [1.807, 2.05) is 36.4 Å². The molecule has 4 aliphatic heterocycles. The minimum atomic E-state index is -0.374. The van der Waals surface area contributed by atoms with E-state index in [0.717, 1.165) is 171 Å². The van der Waals surface area contributed by atoms with Crippen molar-refractivity contribution in [1.29, 1.82) is 0 Å². The molecule has 4 saturated heterocycles. The Morgan fingerprint density at radius 1 is 0.500 bits per heavy atom. The summed E-state index contributed by atoms with van der Waals surface area (Å²) in [7, 11) is 6.50. The van der Waals surface area contributed by atoms with E-state index in [4.69, 9.17) is 34.7 Å². The number of nitrogens with zero attached hydrogens (tertiary/aromatic N) is 15. The van der Waals surface area contributed by atoms with Gasteiger partial charge in [0, 0.05) is 97.8 Å². The van der Waals surface area contributed by atoms with Gasteiger partial charge in [0.05, 0.1) is 86.8 Å². The molecule has 0 atom stereocenters. The van der Waals surface area contributed by atoms with E-state index in [0.29, 0.717) is 33.9 Å². The predicted octanol–water partition coefficient (Wildman–Crippen LogP) is 13.6. The molecule has 7 aliphatic rings. The fourth-order valence-electron chi connectivity index (χ4n) is 15.2. The van der Waals surface area contributed by atoms with Crippen molar-refractivity contribution in [3.05, 3.63) is 153 Å². The van der Waals surface area contributed by atoms with Crippen LogP contribution < -0.4 is 20.9 Å². The Morgan fingerprint density at radius 3 is 1.33 bits per heavy atom. The van der Waals surface area contributed by atoms with Crippen molar-refractivity contribution in [1.82, 2.24) is 69.3 Å². The van der Waals surface area contributed by atoms with Crippen LogP contribution in [-0.4, -0.2) is 200 Å². The number of piperazine rings is 3. The zero-order chi connectivity index (χ0) is 72.6. The topological polar surface area (TPSA) is 235 Å². The van der Waals surface area contributed by atoms with Crippen molar-refractivity contribution in [2.75, 3.05) is 134 Å². The summed E-state index contributed by atoms with van der Waals surface area (Å²) in [5.74, 6) is 0.600. The minimum Gasteiger partial charge on any atom is -0.368 e. The van der Waals surface area contributed by atoms with Gasteiger partial charge in [0.15, 0.2) is 5.82 Å². The molecule has 540 valence electrons. The number of hydrogen-bond acceptors (Lipinski definition) is 15. The number of imidazole rings is 2. The maximum absolute atomic E-state index is 13.0. The lowest BCUT2D eigenvalue weighted by molar-refractivity contribution is 0.0579. The van der Waals surface area contributed by atoms with Crippen molar-refractivity contribution < 1.29 is 14.4 Å². The molecule has 102 heavy (non-hydrogen) atoms. The maximum atomic E-state index is 13.0. The van der Waals surface area contributed by atoms with Crippen molar-refractivity contribution in [2.24, 2.45) is 10.8 Å². The largest absolute Gasteiger partial charge is 0.368 e. The molecule has 3 amide bonds. The minimum absolute atomic E-state index is 0.123. The molecule has 10 heterocycles. The molecule has 24 heteroatoms. The van der Waals surface area contributed by atoms with E-state index in [-0.39, 0.29) is 63.0 Å². The number of aromatic amines is 3. The van der Waals surface area contributed by atoms with Crippen LogP contribution in [0.2, 0.25) is 0 Å². The van der Waals surface area contributed by atoms with Gasteiger partial charge in [-0.1, -0.05) is 52.0 Å². The summed E-state index contributed by atoms with van der Waals surface area (Å²) >= 11 is 0. The van der Waals surface area contributed by atoms with Gasteiger partial charge in [0.2, 0.25) is 17.3 Å². The van der Waals surface area contributed by atoms with E-state index in [9.17, 15) is 14.4 Å². The molecule has 6 N–H and O–H groups in total.